The third-order valence-electron chi connectivity index (χ3n) is 3.13. The number of aromatic amines is 1. The topological polar surface area (TPSA) is 62.1 Å². The van der Waals surface area contributed by atoms with Crippen molar-refractivity contribution >= 4 is 39.2 Å². The zero-order chi connectivity index (χ0) is 13.6. The second kappa shape index (κ2) is 4.61. The van der Waals surface area contributed by atoms with Gasteiger partial charge in [-0.25, -0.2) is 0 Å². The van der Waals surface area contributed by atoms with E-state index in [2.05, 4.69) is 37.9 Å². The third kappa shape index (κ3) is 2.04. The number of thioether (sulfide) groups is 1. The molecule has 2 heterocycles. The first kappa shape index (κ1) is 12.6. The van der Waals surface area contributed by atoms with Gasteiger partial charge in [0.25, 0.3) is 0 Å². The average Bonchev–Trinajstić information content (AvgIpc) is 2.66. The van der Waals surface area contributed by atoms with Gasteiger partial charge in [0.2, 0.25) is 0 Å². The van der Waals surface area contributed by atoms with Gasteiger partial charge in [0.1, 0.15) is 11.2 Å². The van der Waals surface area contributed by atoms with Gasteiger partial charge in [0, 0.05) is 18.0 Å². The van der Waals surface area contributed by atoms with Crippen molar-refractivity contribution in [2.45, 2.75) is 10.3 Å². The highest BCUT2D eigenvalue weighted by Crippen LogP contribution is 2.50. The van der Waals surface area contributed by atoms with Crippen molar-refractivity contribution in [3.05, 3.63) is 50.7 Å². The van der Waals surface area contributed by atoms with Crippen molar-refractivity contribution in [1.29, 1.82) is 0 Å². The van der Waals surface area contributed by atoms with Crippen molar-refractivity contribution in [1.82, 2.24) is 4.98 Å². The van der Waals surface area contributed by atoms with Gasteiger partial charge in [0.05, 0.1) is 15.9 Å². The van der Waals surface area contributed by atoms with Crippen molar-refractivity contribution in [2.24, 2.45) is 0 Å². The first-order chi connectivity index (χ1) is 9.08. The van der Waals surface area contributed by atoms with Crippen molar-refractivity contribution in [3.8, 4) is 0 Å². The first-order valence-electron chi connectivity index (χ1n) is 5.74. The van der Waals surface area contributed by atoms with Gasteiger partial charge >= 0.3 is 0 Å². The fraction of sp³-hybridized carbons (Fsp3) is 0.154. The number of para-hydroxylation sites is 1. The molecule has 4 nitrogen and oxygen atoms in total. The van der Waals surface area contributed by atoms with Crippen LogP contribution >= 0.6 is 27.7 Å². The first-order valence-corrected chi connectivity index (χ1v) is 7.42. The molecule has 0 saturated carbocycles. The van der Waals surface area contributed by atoms with Gasteiger partial charge < -0.3 is 15.6 Å². The fourth-order valence-electron chi connectivity index (χ4n) is 2.21. The summed E-state index contributed by atoms with van der Waals surface area (Å²) in [5.74, 6) is 0.365. The van der Waals surface area contributed by atoms with E-state index in [1.54, 1.807) is 11.8 Å². The van der Waals surface area contributed by atoms with E-state index in [9.17, 15) is 4.79 Å². The molecule has 1 aliphatic heterocycles. The zero-order valence-electron chi connectivity index (χ0n) is 10.2. The second-order valence-corrected chi connectivity index (χ2v) is 6.28. The maximum Gasteiger partial charge on any atom is 0.191 e. The zero-order valence-corrected chi connectivity index (χ0v) is 12.6. The van der Waals surface area contributed by atoms with Crippen LogP contribution in [0, 0.1) is 0 Å². The molecule has 19 heavy (non-hydrogen) atoms. The van der Waals surface area contributed by atoms with Crippen LogP contribution in [-0.2, 0) is 0 Å². The monoisotopic (exact) mass is 337 g/mol. The lowest BCUT2D eigenvalue weighted by Crippen LogP contribution is -2.24. The molecule has 6 heteroatoms. The number of pyridine rings is 1. The van der Waals surface area contributed by atoms with Crippen LogP contribution in [0.5, 0.6) is 0 Å². The van der Waals surface area contributed by atoms with Crippen LogP contribution in [-0.4, -0.2) is 12.0 Å². The number of benzene rings is 1. The largest absolute Gasteiger partial charge is 0.385 e. The number of hydrogen-bond acceptors (Lipinski definition) is 4. The molecule has 0 aliphatic carbocycles. The van der Waals surface area contributed by atoms with Crippen molar-refractivity contribution < 1.29 is 0 Å². The van der Waals surface area contributed by atoms with Crippen LogP contribution in [0.2, 0.25) is 0 Å². The summed E-state index contributed by atoms with van der Waals surface area (Å²) < 4.78 is 0.648. The normalized spacial score (nSPS) is 17.6. The van der Waals surface area contributed by atoms with E-state index in [4.69, 9.17) is 5.73 Å². The lowest BCUT2D eigenvalue weighted by molar-refractivity contribution is 0.890. The predicted molar refractivity (Wildman–Crippen MR) is 82.6 cm³/mol. The lowest BCUT2D eigenvalue weighted by Gasteiger charge is -2.22. The Bertz CT molecular complexity index is 701. The summed E-state index contributed by atoms with van der Waals surface area (Å²) in [7, 11) is 1.99. The molecular weight excluding hydrogens is 326 g/mol. The molecule has 0 saturated heterocycles. The Morgan fingerprint density at radius 1 is 1.42 bits per heavy atom. The van der Waals surface area contributed by atoms with Crippen molar-refractivity contribution in [2.75, 3.05) is 17.7 Å². The smallest absolute Gasteiger partial charge is 0.191 e. The van der Waals surface area contributed by atoms with Crippen molar-refractivity contribution in [3.63, 3.8) is 0 Å². The standard InChI is InChI=1S/C13H12BrN3OS/c1-17-7-4-2-3-5-9(7)19-13(17)11-8(18)6-10(15)16-12(11)14/h2-6,13H,1H3,(H3,15,16,18). The number of aromatic nitrogens is 1. The molecule has 0 spiro atoms. The van der Waals surface area contributed by atoms with Gasteiger partial charge in [-0.3, -0.25) is 4.79 Å². The minimum atomic E-state index is -0.0553. The maximum absolute atomic E-state index is 12.2. The molecule has 3 rings (SSSR count). The highest BCUT2D eigenvalue weighted by Gasteiger charge is 2.31. The maximum atomic E-state index is 12.2. The summed E-state index contributed by atoms with van der Waals surface area (Å²) in [6.07, 6.45) is 0. The molecule has 1 unspecified atom stereocenters. The van der Waals surface area contributed by atoms with Gasteiger partial charge in [-0.1, -0.05) is 23.9 Å². The van der Waals surface area contributed by atoms with Gasteiger partial charge in [0.15, 0.2) is 5.43 Å². The number of nitrogens with one attached hydrogen (secondary N) is 1. The summed E-state index contributed by atoms with van der Waals surface area (Å²) in [5, 5.41) is -0.0453. The van der Waals surface area contributed by atoms with E-state index in [0.717, 1.165) is 5.69 Å². The molecular formula is C13H12BrN3OS. The summed E-state index contributed by atoms with van der Waals surface area (Å²) >= 11 is 5.07. The van der Waals surface area contributed by atoms with Crippen LogP contribution in [0.15, 0.2) is 44.6 Å². The highest BCUT2D eigenvalue weighted by atomic mass is 79.9. The number of nitrogens with two attached hydrogens (primary N) is 1. The number of fused-ring (bicyclic) bond motifs is 1. The van der Waals surface area contributed by atoms with E-state index in [1.165, 1.54) is 11.0 Å². The molecule has 98 valence electrons. The molecule has 2 aromatic rings. The number of anilines is 2. The average molecular weight is 338 g/mol. The predicted octanol–water partition coefficient (Wildman–Crippen LogP) is 2.96. The molecule has 0 fully saturated rings. The number of nitrogens with zero attached hydrogens (tertiary/aromatic N) is 1. The van der Waals surface area contributed by atoms with E-state index in [1.807, 2.05) is 19.2 Å². The minimum absolute atomic E-state index is 0.0453. The molecule has 1 aliphatic rings. The molecule has 0 amide bonds. The fourth-order valence-corrected chi connectivity index (χ4v) is 4.36. The Labute approximate surface area is 123 Å². The highest BCUT2D eigenvalue weighted by molar-refractivity contribution is 9.10. The number of nitrogen functional groups attached to an aromatic ring is 1. The molecule has 1 aromatic carbocycles. The van der Waals surface area contributed by atoms with E-state index in [-0.39, 0.29) is 10.8 Å². The van der Waals surface area contributed by atoms with E-state index in [0.29, 0.717) is 16.0 Å². The van der Waals surface area contributed by atoms with Crippen LogP contribution in [0.1, 0.15) is 10.9 Å². The third-order valence-corrected chi connectivity index (χ3v) is 5.12. The lowest BCUT2D eigenvalue weighted by atomic mass is 10.2. The molecule has 0 radical (unpaired) electrons. The van der Waals surface area contributed by atoms with Gasteiger partial charge in [-0.2, -0.15) is 0 Å². The number of hydrogen-bond donors (Lipinski definition) is 2. The van der Waals surface area contributed by atoms with Gasteiger partial charge in [-0.15, -0.1) is 0 Å². The molecule has 1 aromatic heterocycles. The summed E-state index contributed by atoms with van der Waals surface area (Å²) in [6, 6.07) is 9.56. The summed E-state index contributed by atoms with van der Waals surface area (Å²) in [4.78, 5) is 18.4. The van der Waals surface area contributed by atoms with Crippen LogP contribution in [0.25, 0.3) is 0 Å². The number of rotatable bonds is 1. The molecule has 1 atom stereocenters. The van der Waals surface area contributed by atoms with Gasteiger partial charge in [-0.05, 0) is 28.1 Å². The summed E-state index contributed by atoms with van der Waals surface area (Å²) in [6.45, 7) is 0. The SMILES string of the molecule is CN1c2ccccc2SC1c1c(Br)[nH]c(N)cc1=O. The minimum Gasteiger partial charge on any atom is -0.385 e. The Balaban J connectivity index is 2.10. The number of halogens is 1. The Hall–Kier alpha value is -1.40. The number of H-pyrrole nitrogens is 1. The Kier molecular flexibility index (Phi) is 3.06. The second-order valence-electron chi connectivity index (χ2n) is 4.37. The Morgan fingerprint density at radius 2 is 2.16 bits per heavy atom. The quantitative estimate of drug-likeness (QED) is 0.785. The van der Waals surface area contributed by atoms with Crippen LogP contribution < -0.4 is 16.1 Å². The molecule has 0 bridgehead atoms. The summed E-state index contributed by atoms with van der Waals surface area (Å²) in [5.41, 5.74) is 7.42. The van der Waals surface area contributed by atoms with E-state index >= 15 is 0 Å². The molecule has 3 N–H and O–H groups in total. The van der Waals surface area contributed by atoms with E-state index < -0.39 is 0 Å². The van der Waals surface area contributed by atoms with Crippen LogP contribution in [0.4, 0.5) is 11.5 Å². The van der Waals surface area contributed by atoms with Crippen LogP contribution in [0.3, 0.4) is 0 Å². The Morgan fingerprint density at radius 3 is 2.84 bits per heavy atom.